The van der Waals surface area contributed by atoms with Gasteiger partial charge >= 0.3 is 0 Å². The zero-order valence-corrected chi connectivity index (χ0v) is 10.8. The first-order valence-electron chi connectivity index (χ1n) is 5.74. The lowest BCUT2D eigenvalue weighted by Gasteiger charge is -2.09. The van der Waals surface area contributed by atoms with Crippen LogP contribution in [0.1, 0.15) is 23.7 Å². The molecule has 0 fully saturated rings. The maximum absolute atomic E-state index is 11.8. The van der Waals surface area contributed by atoms with Gasteiger partial charge in [-0.25, -0.2) is 0 Å². The first kappa shape index (κ1) is 14.9. The average Bonchev–Trinajstić information content (AvgIpc) is 2.37. The normalized spacial score (nSPS) is 11.7. The molecule has 2 N–H and O–H groups in total. The third-order valence-corrected chi connectivity index (χ3v) is 2.49. The Bertz CT molecular complexity index is 473. The molecule has 7 nitrogen and oxygen atoms in total. The Balaban J connectivity index is 2.82. The van der Waals surface area contributed by atoms with E-state index in [0.29, 0.717) is 13.0 Å². The molecule has 104 valence electrons. The van der Waals surface area contributed by atoms with Gasteiger partial charge in [0, 0.05) is 12.6 Å². The predicted molar refractivity (Wildman–Crippen MR) is 68.3 cm³/mol. The van der Waals surface area contributed by atoms with Gasteiger partial charge in [0.2, 0.25) is 0 Å². The standard InChI is InChI=1S/C12H16N2O5/c1-8(15)5-6-13-12(16)10-4-3-9(14(17)18)7-11(10)19-2/h3-4,7-8,15H,5-6H2,1-2H3,(H,13,16). The van der Waals surface area contributed by atoms with E-state index in [2.05, 4.69) is 5.32 Å². The molecule has 19 heavy (non-hydrogen) atoms. The number of carbonyl (C=O) groups excluding carboxylic acids is 1. The van der Waals surface area contributed by atoms with Crippen molar-refractivity contribution in [3.63, 3.8) is 0 Å². The Hall–Kier alpha value is -2.15. The number of hydrogen-bond donors (Lipinski definition) is 2. The predicted octanol–water partition coefficient (Wildman–Crippen LogP) is 1.10. The van der Waals surface area contributed by atoms with Gasteiger partial charge in [0.15, 0.2) is 0 Å². The number of ether oxygens (including phenoxy) is 1. The van der Waals surface area contributed by atoms with Gasteiger partial charge in [0.05, 0.1) is 29.8 Å². The molecule has 1 rings (SSSR count). The summed E-state index contributed by atoms with van der Waals surface area (Å²) < 4.78 is 4.97. The minimum absolute atomic E-state index is 0.141. The molecule has 1 aromatic rings. The fourth-order valence-corrected chi connectivity index (χ4v) is 1.47. The number of non-ortho nitro benzene ring substituents is 1. The van der Waals surface area contributed by atoms with Crippen LogP contribution in [0, 0.1) is 10.1 Å². The van der Waals surface area contributed by atoms with E-state index in [1.54, 1.807) is 6.92 Å². The molecule has 1 amide bonds. The molecule has 1 aromatic carbocycles. The molecule has 1 atom stereocenters. The number of benzene rings is 1. The highest BCUT2D eigenvalue weighted by atomic mass is 16.6. The van der Waals surface area contributed by atoms with E-state index in [4.69, 9.17) is 9.84 Å². The van der Waals surface area contributed by atoms with E-state index in [1.807, 2.05) is 0 Å². The average molecular weight is 268 g/mol. The molecule has 0 spiro atoms. The summed E-state index contributed by atoms with van der Waals surface area (Å²) in [4.78, 5) is 21.9. The van der Waals surface area contributed by atoms with Crippen LogP contribution in [-0.4, -0.2) is 35.7 Å². The molecule has 1 unspecified atom stereocenters. The topological polar surface area (TPSA) is 102 Å². The highest BCUT2D eigenvalue weighted by molar-refractivity contribution is 5.97. The molecule has 0 saturated carbocycles. The molecule has 0 radical (unpaired) electrons. The van der Waals surface area contributed by atoms with Crippen molar-refractivity contribution in [3.8, 4) is 5.75 Å². The largest absolute Gasteiger partial charge is 0.496 e. The fraction of sp³-hybridized carbons (Fsp3) is 0.417. The van der Waals surface area contributed by atoms with E-state index in [9.17, 15) is 14.9 Å². The summed E-state index contributed by atoms with van der Waals surface area (Å²) in [5.41, 5.74) is 0.0797. The molecule has 0 heterocycles. The number of aliphatic hydroxyl groups is 1. The lowest BCUT2D eigenvalue weighted by atomic mass is 10.1. The summed E-state index contributed by atoms with van der Waals surface area (Å²) in [5.74, 6) is -0.254. The Morgan fingerprint density at radius 3 is 2.79 bits per heavy atom. The minimum atomic E-state index is -0.558. The number of nitro groups is 1. The Kier molecular flexibility index (Phi) is 5.25. The highest BCUT2D eigenvalue weighted by Crippen LogP contribution is 2.24. The van der Waals surface area contributed by atoms with Crippen LogP contribution in [0.3, 0.4) is 0 Å². The van der Waals surface area contributed by atoms with Crippen molar-refractivity contribution < 1.29 is 19.6 Å². The first-order valence-corrected chi connectivity index (χ1v) is 5.74. The van der Waals surface area contributed by atoms with E-state index in [0.717, 1.165) is 0 Å². The number of amides is 1. The molecule has 0 aromatic heterocycles. The van der Waals surface area contributed by atoms with E-state index >= 15 is 0 Å². The lowest BCUT2D eigenvalue weighted by Crippen LogP contribution is -2.26. The van der Waals surface area contributed by atoms with Crippen molar-refractivity contribution in [2.75, 3.05) is 13.7 Å². The Labute approximate surface area is 110 Å². The number of nitrogens with zero attached hydrogens (tertiary/aromatic N) is 1. The van der Waals surface area contributed by atoms with Crippen LogP contribution in [0.2, 0.25) is 0 Å². The molecule has 0 bridgehead atoms. The summed E-state index contributed by atoms with van der Waals surface area (Å²) in [5, 5.41) is 22.3. The van der Waals surface area contributed by atoms with Gasteiger partial charge in [-0.05, 0) is 19.4 Å². The molecule has 7 heteroatoms. The number of hydrogen-bond acceptors (Lipinski definition) is 5. The van der Waals surface area contributed by atoms with Gasteiger partial charge in [-0.2, -0.15) is 0 Å². The maximum atomic E-state index is 11.8. The quantitative estimate of drug-likeness (QED) is 0.594. The van der Waals surface area contributed by atoms with Gasteiger partial charge in [0.1, 0.15) is 5.75 Å². The van der Waals surface area contributed by atoms with Crippen LogP contribution in [0.5, 0.6) is 5.75 Å². The van der Waals surface area contributed by atoms with E-state index < -0.39 is 16.9 Å². The van der Waals surface area contributed by atoms with Crippen molar-refractivity contribution in [1.82, 2.24) is 5.32 Å². The summed E-state index contributed by atoms with van der Waals surface area (Å²) >= 11 is 0. The number of carbonyl (C=O) groups is 1. The molecular formula is C12H16N2O5. The van der Waals surface area contributed by atoms with Crippen molar-refractivity contribution in [2.24, 2.45) is 0 Å². The molecule has 0 aliphatic rings. The van der Waals surface area contributed by atoms with Crippen LogP contribution in [0.4, 0.5) is 5.69 Å². The Morgan fingerprint density at radius 2 is 2.26 bits per heavy atom. The first-order chi connectivity index (χ1) is 8.95. The van der Waals surface area contributed by atoms with Gasteiger partial charge in [-0.3, -0.25) is 14.9 Å². The second-order valence-corrected chi connectivity index (χ2v) is 4.04. The van der Waals surface area contributed by atoms with Crippen LogP contribution in [0.15, 0.2) is 18.2 Å². The third-order valence-electron chi connectivity index (χ3n) is 2.49. The zero-order valence-electron chi connectivity index (χ0n) is 10.8. The lowest BCUT2D eigenvalue weighted by molar-refractivity contribution is -0.384. The second-order valence-electron chi connectivity index (χ2n) is 4.04. The van der Waals surface area contributed by atoms with E-state index in [1.165, 1.54) is 25.3 Å². The smallest absolute Gasteiger partial charge is 0.273 e. The maximum Gasteiger partial charge on any atom is 0.273 e. The number of aliphatic hydroxyl groups excluding tert-OH is 1. The summed E-state index contributed by atoms with van der Waals surface area (Å²) in [7, 11) is 1.34. The van der Waals surface area contributed by atoms with Crippen molar-refractivity contribution in [1.29, 1.82) is 0 Å². The van der Waals surface area contributed by atoms with Crippen molar-refractivity contribution >= 4 is 11.6 Å². The van der Waals surface area contributed by atoms with Crippen molar-refractivity contribution in [2.45, 2.75) is 19.4 Å². The van der Waals surface area contributed by atoms with Crippen molar-refractivity contribution in [3.05, 3.63) is 33.9 Å². The summed E-state index contributed by atoms with van der Waals surface area (Å²) in [6, 6.07) is 3.78. The van der Waals surface area contributed by atoms with Gasteiger partial charge in [0.25, 0.3) is 11.6 Å². The SMILES string of the molecule is COc1cc([N+](=O)[O-])ccc1C(=O)NCCC(C)O. The number of nitro benzene ring substituents is 1. The fourth-order valence-electron chi connectivity index (χ4n) is 1.47. The number of rotatable bonds is 6. The van der Waals surface area contributed by atoms with Gasteiger partial charge in [-0.15, -0.1) is 0 Å². The monoisotopic (exact) mass is 268 g/mol. The number of nitrogens with one attached hydrogen (secondary N) is 1. The molecule has 0 saturated heterocycles. The third kappa shape index (κ3) is 4.22. The van der Waals surface area contributed by atoms with Crippen LogP contribution in [-0.2, 0) is 0 Å². The zero-order chi connectivity index (χ0) is 14.4. The molecule has 0 aliphatic carbocycles. The van der Waals surface area contributed by atoms with Crippen LogP contribution in [0.25, 0.3) is 0 Å². The van der Waals surface area contributed by atoms with Crippen LogP contribution < -0.4 is 10.1 Å². The highest BCUT2D eigenvalue weighted by Gasteiger charge is 2.16. The van der Waals surface area contributed by atoms with Gasteiger partial charge in [-0.1, -0.05) is 0 Å². The second kappa shape index (κ2) is 6.69. The van der Waals surface area contributed by atoms with Gasteiger partial charge < -0.3 is 15.2 Å². The minimum Gasteiger partial charge on any atom is -0.496 e. The molecular weight excluding hydrogens is 252 g/mol. The molecule has 0 aliphatic heterocycles. The van der Waals surface area contributed by atoms with Crippen LogP contribution >= 0.6 is 0 Å². The Morgan fingerprint density at radius 1 is 1.58 bits per heavy atom. The summed E-state index contributed by atoms with van der Waals surface area (Å²) in [6.45, 7) is 1.94. The number of methoxy groups -OCH3 is 1. The van der Waals surface area contributed by atoms with E-state index in [-0.39, 0.29) is 17.0 Å². The summed E-state index contributed by atoms with van der Waals surface area (Å²) in [6.07, 6.45) is -0.0693.